The van der Waals surface area contributed by atoms with Gasteiger partial charge in [-0.15, -0.1) is 0 Å². The van der Waals surface area contributed by atoms with Gasteiger partial charge in [0.1, 0.15) is 12.4 Å². The van der Waals surface area contributed by atoms with Gasteiger partial charge in [-0.1, -0.05) is 35.4 Å². The van der Waals surface area contributed by atoms with Crippen LogP contribution in [0.3, 0.4) is 0 Å². The van der Waals surface area contributed by atoms with Crippen LogP contribution in [0.4, 0.5) is 0 Å². The molecule has 0 spiro atoms. The summed E-state index contributed by atoms with van der Waals surface area (Å²) in [5.74, 6) is 0.370. The van der Waals surface area contributed by atoms with Gasteiger partial charge in [-0.25, -0.2) is 0 Å². The second-order valence-corrected chi connectivity index (χ2v) is 3.65. The zero-order valence-corrected chi connectivity index (χ0v) is 9.68. The van der Waals surface area contributed by atoms with Gasteiger partial charge >= 0.3 is 0 Å². The molecule has 0 unspecified atom stereocenters. The lowest BCUT2D eigenvalue weighted by Crippen LogP contribution is -1.98. The van der Waals surface area contributed by atoms with E-state index in [0.29, 0.717) is 34.3 Å². The summed E-state index contributed by atoms with van der Waals surface area (Å²) in [6.07, 6.45) is 4.34. The first-order valence-corrected chi connectivity index (χ1v) is 5.12. The van der Waals surface area contributed by atoms with Gasteiger partial charge in [-0.2, -0.15) is 0 Å². The van der Waals surface area contributed by atoms with Crippen LogP contribution in [0.1, 0.15) is 17.3 Å². The number of carbonyl (C=O) groups excluding carboxylic acids is 1. The monoisotopic (exact) mass is 244 g/mol. The number of ether oxygens (including phenoxy) is 1. The van der Waals surface area contributed by atoms with E-state index in [1.807, 2.05) is 19.1 Å². The third kappa shape index (κ3) is 3.26. The molecule has 0 atom stereocenters. The Morgan fingerprint density at radius 3 is 2.73 bits per heavy atom. The first kappa shape index (κ1) is 12.1. The number of rotatable bonds is 4. The average Bonchev–Trinajstić information content (AvgIpc) is 2.20. The number of allylic oxidation sites excluding steroid dienone is 1. The van der Waals surface area contributed by atoms with Crippen LogP contribution in [0.5, 0.6) is 5.75 Å². The van der Waals surface area contributed by atoms with E-state index >= 15 is 0 Å². The summed E-state index contributed by atoms with van der Waals surface area (Å²) in [6.45, 7) is 2.26. The highest BCUT2D eigenvalue weighted by Crippen LogP contribution is 2.31. The van der Waals surface area contributed by atoms with E-state index in [4.69, 9.17) is 27.9 Å². The predicted molar refractivity (Wildman–Crippen MR) is 62.2 cm³/mol. The molecule has 0 aliphatic heterocycles. The van der Waals surface area contributed by atoms with Crippen LogP contribution < -0.4 is 4.74 Å². The summed E-state index contributed by atoms with van der Waals surface area (Å²) in [6, 6.07) is 3.06. The van der Waals surface area contributed by atoms with Crippen molar-refractivity contribution in [2.45, 2.75) is 6.92 Å². The first-order valence-electron chi connectivity index (χ1n) is 4.37. The highest BCUT2D eigenvalue weighted by atomic mass is 35.5. The zero-order chi connectivity index (χ0) is 11.3. The zero-order valence-electron chi connectivity index (χ0n) is 8.17. The number of aldehydes is 1. The molecule has 1 rings (SSSR count). The molecule has 0 saturated carbocycles. The molecular weight excluding hydrogens is 235 g/mol. The number of carbonyl (C=O) groups is 1. The Hall–Kier alpha value is -0.990. The van der Waals surface area contributed by atoms with Gasteiger partial charge in [-0.05, 0) is 19.1 Å². The predicted octanol–water partition coefficient (Wildman–Crippen LogP) is 3.76. The fraction of sp³-hybridized carbons (Fsp3) is 0.182. The van der Waals surface area contributed by atoms with Crippen LogP contribution in [0.2, 0.25) is 10.0 Å². The van der Waals surface area contributed by atoms with E-state index in [0.717, 1.165) is 0 Å². The molecule has 4 heteroatoms. The van der Waals surface area contributed by atoms with Crippen LogP contribution in [0, 0.1) is 0 Å². The minimum absolute atomic E-state index is 0.342. The number of halogens is 2. The van der Waals surface area contributed by atoms with E-state index < -0.39 is 0 Å². The van der Waals surface area contributed by atoms with Gasteiger partial charge in [0.25, 0.3) is 0 Å². The van der Waals surface area contributed by atoms with Crippen molar-refractivity contribution in [1.82, 2.24) is 0 Å². The minimum Gasteiger partial charge on any atom is -0.487 e. The van der Waals surface area contributed by atoms with Crippen molar-refractivity contribution >= 4 is 29.5 Å². The van der Waals surface area contributed by atoms with Gasteiger partial charge in [0, 0.05) is 5.02 Å². The van der Waals surface area contributed by atoms with E-state index in [2.05, 4.69) is 0 Å². The van der Waals surface area contributed by atoms with E-state index in [1.165, 1.54) is 6.07 Å². The van der Waals surface area contributed by atoms with Crippen molar-refractivity contribution in [3.8, 4) is 5.75 Å². The molecule has 0 bridgehead atoms. The van der Waals surface area contributed by atoms with Crippen molar-refractivity contribution in [1.29, 1.82) is 0 Å². The molecule has 1 aromatic carbocycles. The first-order chi connectivity index (χ1) is 7.19. The van der Waals surface area contributed by atoms with Crippen LogP contribution >= 0.6 is 23.2 Å². The molecule has 0 fully saturated rings. The summed E-state index contributed by atoms with van der Waals surface area (Å²) in [7, 11) is 0. The molecule has 0 radical (unpaired) electrons. The number of hydrogen-bond donors (Lipinski definition) is 0. The number of benzene rings is 1. The summed E-state index contributed by atoms with van der Waals surface area (Å²) < 4.78 is 5.35. The van der Waals surface area contributed by atoms with Crippen molar-refractivity contribution in [3.63, 3.8) is 0 Å². The van der Waals surface area contributed by atoms with Gasteiger partial charge in [-0.3, -0.25) is 4.79 Å². The van der Waals surface area contributed by atoms with Crippen LogP contribution in [0.15, 0.2) is 24.3 Å². The smallest absolute Gasteiger partial charge is 0.153 e. The van der Waals surface area contributed by atoms with E-state index in [9.17, 15) is 4.79 Å². The summed E-state index contributed by atoms with van der Waals surface area (Å²) in [4.78, 5) is 10.7. The minimum atomic E-state index is 0.342. The molecule has 0 aliphatic carbocycles. The molecule has 0 amide bonds. The molecule has 0 heterocycles. The average molecular weight is 245 g/mol. The second-order valence-electron chi connectivity index (χ2n) is 2.80. The number of hydrogen-bond acceptors (Lipinski definition) is 2. The lowest BCUT2D eigenvalue weighted by Gasteiger charge is -2.08. The molecule has 2 nitrogen and oxygen atoms in total. The normalized spacial score (nSPS) is 10.6. The Labute approximate surface area is 98.4 Å². The Bertz CT molecular complexity index is 386. The highest BCUT2D eigenvalue weighted by Gasteiger charge is 2.09. The topological polar surface area (TPSA) is 26.3 Å². The Kier molecular flexibility index (Phi) is 4.66. The Morgan fingerprint density at radius 2 is 2.13 bits per heavy atom. The Morgan fingerprint density at radius 1 is 1.40 bits per heavy atom. The molecule has 0 saturated heterocycles. The second kappa shape index (κ2) is 5.79. The standard InChI is InChI=1S/C11H10Cl2O2/c1-2-3-4-15-11-8(7-14)5-9(12)6-10(11)13/h2-3,5-7H,4H2,1H3/b3-2+. The molecular formula is C11H10Cl2O2. The van der Waals surface area contributed by atoms with Gasteiger partial charge in [0.05, 0.1) is 10.6 Å². The molecule has 0 N–H and O–H groups in total. The van der Waals surface area contributed by atoms with Crippen molar-refractivity contribution in [3.05, 3.63) is 39.9 Å². The van der Waals surface area contributed by atoms with Crippen LogP contribution in [-0.4, -0.2) is 12.9 Å². The van der Waals surface area contributed by atoms with Gasteiger partial charge in [0.2, 0.25) is 0 Å². The maximum atomic E-state index is 10.7. The lowest BCUT2D eigenvalue weighted by molar-refractivity contribution is 0.112. The van der Waals surface area contributed by atoms with Crippen molar-refractivity contribution < 1.29 is 9.53 Å². The maximum Gasteiger partial charge on any atom is 0.153 e. The molecule has 0 aromatic heterocycles. The van der Waals surface area contributed by atoms with Crippen LogP contribution in [0.25, 0.3) is 0 Å². The molecule has 1 aromatic rings. The fourth-order valence-electron chi connectivity index (χ4n) is 1.05. The molecule has 0 aliphatic rings. The fourth-order valence-corrected chi connectivity index (χ4v) is 1.61. The largest absolute Gasteiger partial charge is 0.487 e. The summed E-state index contributed by atoms with van der Waals surface area (Å²) >= 11 is 11.6. The van der Waals surface area contributed by atoms with Crippen LogP contribution in [-0.2, 0) is 0 Å². The van der Waals surface area contributed by atoms with E-state index in [-0.39, 0.29) is 0 Å². The summed E-state index contributed by atoms with van der Waals surface area (Å²) in [5.41, 5.74) is 0.358. The third-order valence-electron chi connectivity index (χ3n) is 1.72. The molecule has 15 heavy (non-hydrogen) atoms. The van der Waals surface area contributed by atoms with Crippen molar-refractivity contribution in [2.24, 2.45) is 0 Å². The lowest BCUT2D eigenvalue weighted by atomic mass is 10.2. The quantitative estimate of drug-likeness (QED) is 0.596. The SMILES string of the molecule is C/C=C/COc1c(Cl)cc(Cl)cc1C=O. The van der Waals surface area contributed by atoms with Gasteiger partial charge in [0.15, 0.2) is 6.29 Å². The third-order valence-corrected chi connectivity index (χ3v) is 2.22. The molecule has 80 valence electrons. The maximum absolute atomic E-state index is 10.7. The van der Waals surface area contributed by atoms with Gasteiger partial charge < -0.3 is 4.74 Å². The summed E-state index contributed by atoms with van der Waals surface area (Å²) in [5, 5.41) is 0.759. The van der Waals surface area contributed by atoms with Crippen molar-refractivity contribution in [2.75, 3.05) is 6.61 Å². The van der Waals surface area contributed by atoms with E-state index in [1.54, 1.807) is 6.07 Å². The Balaban J connectivity index is 2.98. The highest BCUT2D eigenvalue weighted by molar-refractivity contribution is 6.36.